The maximum atomic E-state index is 8.80. The van der Waals surface area contributed by atoms with E-state index in [9.17, 15) is 0 Å². The van der Waals surface area contributed by atoms with E-state index in [0.717, 1.165) is 24.3 Å². The molecule has 0 aliphatic heterocycles. The zero-order valence-corrected chi connectivity index (χ0v) is 12.0. The first-order valence-electron chi connectivity index (χ1n) is 5.68. The van der Waals surface area contributed by atoms with Gasteiger partial charge in [0.25, 0.3) is 0 Å². The molecule has 0 fully saturated rings. The quantitative estimate of drug-likeness (QED) is 0.496. The third kappa shape index (κ3) is 7.62. The lowest BCUT2D eigenvalue weighted by Gasteiger charge is -2.21. The van der Waals surface area contributed by atoms with Gasteiger partial charge in [-0.15, -0.1) is 0 Å². The molecule has 1 aromatic rings. The molecule has 0 unspecified atom stereocenters. The highest BCUT2D eigenvalue weighted by Crippen LogP contribution is 2.21. The van der Waals surface area contributed by atoms with Crippen molar-refractivity contribution in [2.45, 2.75) is 20.8 Å². The van der Waals surface area contributed by atoms with Gasteiger partial charge in [0.2, 0.25) is 0 Å². The van der Waals surface area contributed by atoms with Crippen molar-refractivity contribution in [3.05, 3.63) is 23.8 Å². The molecule has 1 aromatic carbocycles. The molecule has 0 spiro atoms. The number of nitrogens with zero attached hydrogens (tertiary/aromatic N) is 1. The molecule has 110 valence electrons. The average Bonchev–Trinajstić information content (AvgIpc) is 2.29. The smallest absolute Gasteiger partial charge is 0.372 e. The molecule has 0 bridgehead atoms. The summed E-state index contributed by atoms with van der Waals surface area (Å²) in [4.78, 5) is 2.27. The van der Waals surface area contributed by atoms with Crippen molar-refractivity contribution in [1.82, 2.24) is 0 Å². The van der Waals surface area contributed by atoms with E-state index in [0.29, 0.717) is 0 Å². The van der Waals surface area contributed by atoms with Crippen molar-refractivity contribution in [2.75, 3.05) is 23.5 Å². The predicted octanol–water partition coefficient (Wildman–Crippen LogP) is 1.99. The first-order chi connectivity index (χ1) is 8.72. The van der Waals surface area contributed by atoms with Crippen LogP contribution in [0.25, 0.3) is 0 Å². The Morgan fingerprint density at radius 2 is 1.68 bits per heavy atom. The van der Waals surface area contributed by atoms with Gasteiger partial charge in [-0.2, -0.15) is 8.42 Å². The number of anilines is 2. The highest BCUT2D eigenvalue weighted by Gasteiger charge is 2.03. The first-order valence-corrected chi connectivity index (χ1v) is 7.08. The molecule has 0 atom stereocenters. The van der Waals surface area contributed by atoms with Gasteiger partial charge in [0.15, 0.2) is 0 Å². The first kappa shape index (κ1) is 17.6. The topological polar surface area (TPSA) is 110 Å². The van der Waals surface area contributed by atoms with Crippen molar-refractivity contribution >= 4 is 21.8 Å². The Kier molecular flexibility index (Phi) is 7.38. The minimum absolute atomic E-state index is 0.765. The summed E-state index contributed by atoms with van der Waals surface area (Å²) in [5, 5.41) is 8.80. The highest BCUT2D eigenvalue weighted by molar-refractivity contribution is 7.79. The molecule has 8 heteroatoms. The molecule has 1 rings (SSSR count). The molecule has 7 nitrogen and oxygen atoms in total. The van der Waals surface area contributed by atoms with Crippen molar-refractivity contribution in [1.29, 1.82) is 0 Å². The van der Waals surface area contributed by atoms with Crippen LogP contribution in [0.5, 0.6) is 0 Å². The molecule has 0 amide bonds. The summed E-state index contributed by atoms with van der Waals surface area (Å²) < 4.78 is 31.6. The van der Waals surface area contributed by atoms with Crippen molar-refractivity contribution in [3.63, 3.8) is 0 Å². The SMILES string of the molecule is CCN(CC)c1ccc(NO)c(C)c1.O=S(=O)(O)O. The van der Waals surface area contributed by atoms with Crippen LogP contribution in [0.1, 0.15) is 19.4 Å². The maximum absolute atomic E-state index is 8.80. The van der Waals surface area contributed by atoms with E-state index >= 15 is 0 Å². The van der Waals surface area contributed by atoms with E-state index in [-0.39, 0.29) is 0 Å². The summed E-state index contributed by atoms with van der Waals surface area (Å²) in [7, 11) is -4.67. The zero-order valence-electron chi connectivity index (χ0n) is 11.2. The van der Waals surface area contributed by atoms with Crippen LogP contribution in [0.15, 0.2) is 18.2 Å². The number of hydrogen-bond acceptors (Lipinski definition) is 5. The number of rotatable bonds is 4. The van der Waals surface area contributed by atoms with E-state index in [1.165, 1.54) is 5.69 Å². The molecule has 0 aliphatic carbocycles. The lowest BCUT2D eigenvalue weighted by Crippen LogP contribution is -2.21. The fourth-order valence-electron chi connectivity index (χ4n) is 1.56. The van der Waals surface area contributed by atoms with E-state index in [4.69, 9.17) is 22.7 Å². The van der Waals surface area contributed by atoms with E-state index in [2.05, 4.69) is 30.3 Å². The third-order valence-corrected chi connectivity index (χ3v) is 2.46. The third-order valence-electron chi connectivity index (χ3n) is 2.46. The monoisotopic (exact) mass is 292 g/mol. The lowest BCUT2D eigenvalue weighted by atomic mass is 10.1. The second kappa shape index (κ2) is 7.95. The Labute approximate surface area is 113 Å². The highest BCUT2D eigenvalue weighted by atomic mass is 32.3. The van der Waals surface area contributed by atoms with Gasteiger partial charge in [0.05, 0.1) is 5.69 Å². The Hall–Kier alpha value is -1.35. The van der Waals surface area contributed by atoms with Gasteiger partial charge in [-0.05, 0) is 44.5 Å². The number of benzene rings is 1. The van der Waals surface area contributed by atoms with E-state index in [1.54, 1.807) is 0 Å². The van der Waals surface area contributed by atoms with Crippen LogP contribution >= 0.6 is 0 Å². The minimum atomic E-state index is -4.67. The minimum Gasteiger partial charge on any atom is -0.372 e. The van der Waals surface area contributed by atoms with Gasteiger partial charge >= 0.3 is 10.4 Å². The fraction of sp³-hybridized carbons (Fsp3) is 0.455. The molecule has 0 radical (unpaired) electrons. The molecule has 0 saturated heterocycles. The molecule has 0 heterocycles. The van der Waals surface area contributed by atoms with Crippen LogP contribution in [-0.2, 0) is 10.4 Å². The van der Waals surface area contributed by atoms with Crippen LogP contribution < -0.4 is 10.4 Å². The number of aryl methyl sites for hydroxylation is 1. The van der Waals surface area contributed by atoms with Gasteiger partial charge in [-0.25, -0.2) is 0 Å². The second-order valence-corrected chi connectivity index (χ2v) is 4.63. The summed E-state index contributed by atoms with van der Waals surface area (Å²) >= 11 is 0. The van der Waals surface area contributed by atoms with Gasteiger partial charge < -0.3 is 4.90 Å². The van der Waals surface area contributed by atoms with Crippen LogP contribution in [0.4, 0.5) is 11.4 Å². The Morgan fingerprint density at radius 3 is 2.00 bits per heavy atom. The fourth-order valence-corrected chi connectivity index (χ4v) is 1.56. The summed E-state index contributed by atoms with van der Waals surface area (Å²) in [6, 6.07) is 5.98. The molecule has 4 N–H and O–H groups in total. The summed E-state index contributed by atoms with van der Waals surface area (Å²) in [6.45, 7) is 8.25. The van der Waals surface area contributed by atoms with Crippen LogP contribution in [0, 0.1) is 6.92 Å². The largest absolute Gasteiger partial charge is 0.394 e. The molecule has 19 heavy (non-hydrogen) atoms. The van der Waals surface area contributed by atoms with E-state index < -0.39 is 10.4 Å². The molecule has 0 aromatic heterocycles. The second-order valence-electron chi connectivity index (χ2n) is 3.73. The average molecular weight is 292 g/mol. The van der Waals surface area contributed by atoms with Crippen molar-refractivity contribution < 1.29 is 22.7 Å². The normalized spacial score (nSPS) is 10.4. The van der Waals surface area contributed by atoms with Gasteiger partial charge in [-0.1, -0.05) is 0 Å². The van der Waals surface area contributed by atoms with Gasteiger partial charge in [-0.3, -0.25) is 19.8 Å². The standard InChI is InChI=1S/C11H18N2O.H2O4S/c1-4-13(5-2)10-6-7-11(12-14)9(3)8-10;1-5(2,3)4/h6-8,12,14H,4-5H2,1-3H3;(H2,1,2,3,4). The van der Waals surface area contributed by atoms with Crippen molar-refractivity contribution in [3.8, 4) is 0 Å². The lowest BCUT2D eigenvalue weighted by molar-refractivity contribution is 0.380. The predicted molar refractivity (Wildman–Crippen MR) is 74.3 cm³/mol. The number of nitrogens with one attached hydrogen (secondary N) is 1. The van der Waals surface area contributed by atoms with Crippen molar-refractivity contribution in [2.24, 2.45) is 0 Å². The Balaban J connectivity index is 0.000000555. The van der Waals surface area contributed by atoms with Crippen LogP contribution in [-0.4, -0.2) is 35.8 Å². The zero-order chi connectivity index (χ0) is 15.1. The molecular formula is C11H20N2O5S. The molecule has 0 saturated carbocycles. The van der Waals surface area contributed by atoms with Crippen LogP contribution in [0.2, 0.25) is 0 Å². The van der Waals surface area contributed by atoms with Gasteiger partial charge in [0.1, 0.15) is 0 Å². The van der Waals surface area contributed by atoms with Crippen LogP contribution in [0.3, 0.4) is 0 Å². The Morgan fingerprint density at radius 1 is 1.21 bits per heavy atom. The Bertz CT molecular complexity index is 478. The summed E-state index contributed by atoms with van der Waals surface area (Å²) in [5.74, 6) is 0. The maximum Gasteiger partial charge on any atom is 0.394 e. The number of hydrogen-bond donors (Lipinski definition) is 4. The summed E-state index contributed by atoms with van der Waals surface area (Å²) in [5.41, 5.74) is 5.20. The molecule has 0 aliphatic rings. The summed E-state index contributed by atoms with van der Waals surface area (Å²) in [6.07, 6.45) is 0. The van der Waals surface area contributed by atoms with Gasteiger partial charge in [0, 0.05) is 18.8 Å². The van der Waals surface area contributed by atoms with E-state index in [1.807, 2.05) is 19.1 Å². The molecular weight excluding hydrogens is 272 g/mol.